The van der Waals surface area contributed by atoms with Crippen LogP contribution in [0.5, 0.6) is 5.75 Å². The molecule has 2 heterocycles. The van der Waals surface area contributed by atoms with E-state index in [-0.39, 0.29) is 11.9 Å². The summed E-state index contributed by atoms with van der Waals surface area (Å²) in [5.74, 6) is 1.39. The Morgan fingerprint density at radius 3 is 2.29 bits per heavy atom. The van der Waals surface area contributed by atoms with Gasteiger partial charge in [0.25, 0.3) is 0 Å². The number of ether oxygens (including phenoxy) is 1. The van der Waals surface area contributed by atoms with Gasteiger partial charge in [0.15, 0.2) is 5.82 Å². The molecule has 1 atom stereocenters. The van der Waals surface area contributed by atoms with Gasteiger partial charge in [-0.2, -0.15) is 0 Å². The van der Waals surface area contributed by atoms with Gasteiger partial charge in [-0.15, -0.1) is 5.10 Å². The number of nitrogens with zero attached hydrogens (tertiary/aromatic N) is 6. The highest BCUT2D eigenvalue weighted by molar-refractivity contribution is 5.49. The van der Waals surface area contributed by atoms with Crippen LogP contribution in [0.15, 0.2) is 78.9 Å². The number of piperazine rings is 1. The molecule has 0 saturated carbocycles. The maximum atomic E-state index is 13.7. The van der Waals surface area contributed by atoms with Gasteiger partial charge >= 0.3 is 0 Å². The molecule has 0 radical (unpaired) electrons. The predicted octanol–water partition coefficient (Wildman–Crippen LogP) is 3.98. The van der Waals surface area contributed by atoms with Crippen LogP contribution in [-0.4, -0.2) is 58.4 Å². The van der Waals surface area contributed by atoms with Gasteiger partial charge in [0.1, 0.15) is 11.6 Å². The summed E-state index contributed by atoms with van der Waals surface area (Å²) >= 11 is 0. The van der Waals surface area contributed by atoms with E-state index in [2.05, 4.69) is 49.6 Å². The van der Waals surface area contributed by atoms with Crippen molar-refractivity contribution in [3.05, 3.63) is 102 Å². The number of aromatic nitrogens is 4. The van der Waals surface area contributed by atoms with Gasteiger partial charge in [0.2, 0.25) is 0 Å². The highest BCUT2D eigenvalue weighted by atomic mass is 19.1. The maximum absolute atomic E-state index is 13.7. The minimum absolute atomic E-state index is 0.153. The molecule has 0 amide bonds. The molecular weight excluding hydrogens is 443 g/mol. The molecule has 8 heteroatoms. The fourth-order valence-corrected chi connectivity index (χ4v) is 4.65. The van der Waals surface area contributed by atoms with Crippen LogP contribution in [0.1, 0.15) is 23.0 Å². The summed E-state index contributed by atoms with van der Waals surface area (Å²) in [5, 5.41) is 12.8. The van der Waals surface area contributed by atoms with Crippen LogP contribution in [0.4, 0.5) is 10.1 Å². The van der Waals surface area contributed by atoms with E-state index in [9.17, 15) is 4.39 Å². The Bertz CT molecular complexity index is 1200. The second-order valence-corrected chi connectivity index (χ2v) is 8.67. The molecular formula is C27H29FN6O. The first kappa shape index (κ1) is 23.0. The summed E-state index contributed by atoms with van der Waals surface area (Å²) in [6.07, 6.45) is 0.834. The van der Waals surface area contributed by atoms with E-state index in [1.165, 1.54) is 23.4 Å². The summed E-state index contributed by atoms with van der Waals surface area (Å²) in [4.78, 5) is 4.76. The van der Waals surface area contributed by atoms with E-state index in [0.29, 0.717) is 6.54 Å². The molecule has 0 aliphatic carbocycles. The van der Waals surface area contributed by atoms with E-state index in [4.69, 9.17) is 4.74 Å². The Kier molecular flexibility index (Phi) is 6.99. The van der Waals surface area contributed by atoms with Gasteiger partial charge in [-0.3, -0.25) is 4.90 Å². The Morgan fingerprint density at radius 2 is 1.60 bits per heavy atom. The number of aryl methyl sites for hydroxylation is 2. The van der Waals surface area contributed by atoms with Crippen LogP contribution < -0.4 is 9.64 Å². The molecule has 1 aliphatic heterocycles. The second kappa shape index (κ2) is 10.7. The first-order chi connectivity index (χ1) is 17.2. The number of rotatable bonds is 8. The summed E-state index contributed by atoms with van der Waals surface area (Å²) in [7, 11) is 1.68. The van der Waals surface area contributed by atoms with Gasteiger partial charge in [-0.05, 0) is 64.4 Å². The molecule has 4 aromatic rings. The molecule has 1 fully saturated rings. The Labute approximate surface area is 204 Å². The predicted molar refractivity (Wildman–Crippen MR) is 133 cm³/mol. The minimum Gasteiger partial charge on any atom is -0.497 e. The summed E-state index contributed by atoms with van der Waals surface area (Å²) in [6, 6.07) is 25.0. The van der Waals surface area contributed by atoms with Gasteiger partial charge in [-0.25, -0.2) is 9.07 Å². The van der Waals surface area contributed by atoms with Crippen molar-refractivity contribution in [3.8, 4) is 5.75 Å². The van der Waals surface area contributed by atoms with Crippen LogP contribution in [0.2, 0.25) is 0 Å². The minimum atomic E-state index is -0.250. The molecule has 7 nitrogen and oxygen atoms in total. The lowest BCUT2D eigenvalue weighted by Gasteiger charge is -2.40. The highest BCUT2D eigenvalue weighted by Crippen LogP contribution is 2.30. The van der Waals surface area contributed by atoms with Crippen LogP contribution in [0, 0.1) is 5.82 Å². The van der Waals surface area contributed by atoms with Crippen molar-refractivity contribution < 1.29 is 9.13 Å². The third kappa shape index (κ3) is 5.33. The molecule has 35 heavy (non-hydrogen) atoms. The smallest absolute Gasteiger partial charge is 0.173 e. The fourth-order valence-electron chi connectivity index (χ4n) is 4.65. The van der Waals surface area contributed by atoms with Crippen molar-refractivity contribution in [1.29, 1.82) is 0 Å². The molecule has 3 aromatic carbocycles. The largest absolute Gasteiger partial charge is 0.497 e. The molecule has 0 bridgehead atoms. The number of benzene rings is 3. The monoisotopic (exact) mass is 472 g/mol. The summed E-state index contributed by atoms with van der Waals surface area (Å²) in [6.45, 7) is 4.08. The molecule has 1 saturated heterocycles. The number of hydrogen-bond donors (Lipinski definition) is 0. The number of hydrogen-bond acceptors (Lipinski definition) is 6. The van der Waals surface area contributed by atoms with Crippen molar-refractivity contribution in [2.24, 2.45) is 0 Å². The van der Waals surface area contributed by atoms with Gasteiger partial charge in [0, 0.05) is 38.4 Å². The first-order valence-corrected chi connectivity index (χ1v) is 11.9. The second-order valence-electron chi connectivity index (χ2n) is 8.67. The zero-order valence-electron chi connectivity index (χ0n) is 19.8. The lowest BCUT2D eigenvalue weighted by atomic mass is 10.0. The first-order valence-electron chi connectivity index (χ1n) is 11.9. The van der Waals surface area contributed by atoms with Crippen molar-refractivity contribution >= 4 is 5.69 Å². The zero-order valence-corrected chi connectivity index (χ0v) is 19.8. The van der Waals surface area contributed by atoms with Crippen molar-refractivity contribution in [1.82, 2.24) is 25.1 Å². The Balaban J connectivity index is 1.36. The average Bonchev–Trinajstić information content (AvgIpc) is 3.38. The molecule has 180 valence electrons. The van der Waals surface area contributed by atoms with Crippen molar-refractivity contribution in [3.63, 3.8) is 0 Å². The third-order valence-corrected chi connectivity index (χ3v) is 6.56. The van der Waals surface area contributed by atoms with Gasteiger partial charge < -0.3 is 9.64 Å². The van der Waals surface area contributed by atoms with Crippen LogP contribution in [0.3, 0.4) is 0 Å². The highest BCUT2D eigenvalue weighted by Gasteiger charge is 2.30. The van der Waals surface area contributed by atoms with Crippen LogP contribution in [0.25, 0.3) is 0 Å². The number of methoxy groups -OCH3 is 1. The van der Waals surface area contributed by atoms with Crippen molar-refractivity contribution in [2.45, 2.75) is 19.0 Å². The van der Waals surface area contributed by atoms with Gasteiger partial charge in [0.05, 0.1) is 13.2 Å². The molecule has 5 rings (SSSR count). The molecule has 1 aromatic heterocycles. The normalized spacial score (nSPS) is 15.2. The number of halogens is 1. The SMILES string of the molecule is COc1ccc(N2CCN([C@@H](c3ccc(F)cc3)c3nnnn3CCc3ccccc3)CC2)cc1. The third-order valence-electron chi connectivity index (χ3n) is 6.56. The van der Waals surface area contributed by atoms with Crippen molar-refractivity contribution in [2.75, 3.05) is 38.2 Å². The number of tetrazole rings is 1. The van der Waals surface area contributed by atoms with E-state index < -0.39 is 0 Å². The zero-order chi connectivity index (χ0) is 24.0. The summed E-state index contributed by atoms with van der Waals surface area (Å²) < 4.78 is 20.9. The van der Waals surface area contributed by atoms with E-state index in [0.717, 1.165) is 49.7 Å². The molecule has 0 N–H and O–H groups in total. The fraction of sp³-hybridized carbons (Fsp3) is 0.296. The molecule has 0 spiro atoms. The lowest BCUT2D eigenvalue weighted by Crippen LogP contribution is -2.48. The standard InChI is InChI=1S/C27H29FN6O/c1-35-25-13-11-24(12-14-25)32-17-19-33(20-18-32)26(22-7-9-23(28)10-8-22)27-29-30-31-34(27)16-15-21-5-3-2-4-6-21/h2-14,26H,15-20H2,1H3/t26-/m0/s1. The van der Waals surface area contributed by atoms with Crippen LogP contribution in [-0.2, 0) is 13.0 Å². The van der Waals surface area contributed by atoms with E-state index >= 15 is 0 Å². The van der Waals surface area contributed by atoms with Gasteiger partial charge in [-0.1, -0.05) is 42.5 Å². The summed E-state index contributed by atoms with van der Waals surface area (Å²) in [5.41, 5.74) is 3.40. The topological polar surface area (TPSA) is 59.3 Å². The van der Waals surface area contributed by atoms with Crippen LogP contribution >= 0.6 is 0 Å². The average molecular weight is 473 g/mol. The molecule has 0 unspecified atom stereocenters. The Hall–Kier alpha value is -3.78. The molecule has 1 aliphatic rings. The lowest BCUT2D eigenvalue weighted by molar-refractivity contribution is 0.200. The maximum Gasteiger partial charge on any atom is 0.173 e. The van der Waals surface area contributed by atoms with E-state index in [1.807, 2.05) is 47.1 Å². The van der Waals surface area contributed by atoms with E-state index in [1.54, 1.807) is 7.11 Å². The number of anilines is 1. The Morgan fingerprint density at radius 1 is 0.886 bits per heavy atom. The quantitative estimate of drug-likeness (QED) is 0.387.